The highest BCUT2D eigenvalue weighted by atomic mass is 32.1. The molecule has 6 nitrogen and oxygen atoms in total. The van der Waals surface area contributed by atoms with Crippen molar-refractivity contribution in [1.82, 2.24) is 19.9 Å². The van der Waals surface area contributed by atoms with Gasteiger partial charge in [-0.05, 0) is 0 Å². The lowest BCUT2D eigenvalue weighted by molar-refractivity contribution is 0.887. The monoisotopic (exact) mass is 250 g/mol. The predicted molar refractivity (Wildman–Crippen MR) is 67.9 cm³/mol. The maximum atomic E-state index is 5.59. The Balaban J connectivity index is 1.92. The van der Waals surface area contributed by atoms with Crippen molar-refractivity contribution < 1.29 is 0 Å². The molecule has 0 bridgehead atoms. The Kier molecular flexibility index (Phi) is 3.81. The summed E-state index contributed by atoms with van der Waals surface area (Å²) in [6, 6.07) is 0. The van der Waals surface area contributed by atoms with Gasteiger partial charge in [0.2, 0.25) is 11.9 Å². The topological polar surface area (TPSA) is 89.6 Å². The molecule has 90 valence electrons. The first-order valence-corrected chi connectivity index (χ1v) is 6.33. The highest BCUT2D eigenvalue weighted by Gasteiger charge is 2.02. The van der Waals surface area contributed by atoms with Gasteiger partial charge in [-0.2, -0.15) is 15.0 Å². The number of aryl methyl sites for hydroxylation is 1. The highest BCUT2D eigenvalue weighted by Crippen LogP contribution is 2.05. The minimum absolute atomic E-state index is 0.257. The first-order chi connectivity index (χ1) is 8.28. The number of hydrogen-bond acceptors (Lipinski definition) is 7. The van der Waals surface area contributed by atoms with Crippen LogP contribution in [0.3, 0.4) is 0 Å². The number of thiazole rings is 1. The molecule has 0 spiro atoms. The maximum absolute atomic E-state index is 5.59. The van der Waals surface area contributed by atoms with Gasteiger partial charge in [0.05, 0.1) is 11.2 Å². The van der Waals surface area contributed by atoms with Crippen molar-refractivity contribution in [3.05, 3.63) is 22.4 Å². The molecule has 0 saturated carbocycles. The molecule has 0 amide bonds. The van der Waals surface area contributed by atoms with Crippen molar-refractivity contribution in [3.8, 4) is 0 Å². The van der Waals surface area contributed by atoms with Crippen molar-refractivity contribution in [3.63, 3.8) is 0 Å². The van der Waals surface area contributed by atoms with E-state index in [1.165, 1.54) is 0 Å². The molecule has 0 radical (unpaired) electrons. The van der Waals surface area contributed by atoms with Gasteiger partial charge < -0.3 is 11.1 Å². The van der Waals surface area contributed by atoms with Gasteiger partial charge in [0.25, 0.3) is 0 Å². The predicted octanol–water partition coefficient (Wildman–Crippen LogP) is 1.13. The third kappa shape index (κ3) is 3.35. The van der Waals surface area contributed by atoms with Crippen LogP contribution in [-0.4, -0.2) is 26.5 Å². The quantitative estimate of drug-likeness (QED) is 0.826. The van der Waals surface area contributed by atoms with E-state index in [9.17, 15) is 0 Å². The molecule has 0 unspecified atom stereocenters. The SMILES string of the molecule is CCc1nc(N)nc(NCCc2cscn2)n1. The molecule has 0 aliphatic heterocycles. The Morgan fingerprint density at radius 2 is 2.24 bits per heavy atom. The van der Waals surface area contributed by atoms with Crippen molar-refractivity contribution in [2.45, 2.75) is 19.8 Å². The molecule has 3 N–H and O–H groups in total. The molecule has 7 heteroatoms. The molecule has 0 aliphatic carbocycles. The smallest absolute Gasteiger partial charge is 0.227 e. The fourth-order valence-corrected chi connectivity index (χ4v) is 1.93. The number of nitrogens with zero attached hydrogens (tertiary/aromatic N) is 4. The molecular weight excluding hydrogens is 236 g/mol. The summed E-state index contributed by atoms with van der Waals surface area (Å²) in [4.78, 5) is 16.5. The van der Waals surface area contributed by atoms with Crippen LogP contribution in [0.1, 0.15) is 18.4 Å². The Labute approximate surface area is 103 Å². The molecule has 17 heavy (non-hydrogen) atoms. The van der Waals surface area contributed by atoms with Gasteiger partial charge in [0, 0.05) is 24.8 Å². The third-order valence-electron chi connectivity index (χ3n) is 2.16. The molecule has 0 aliphatic rings. The van der Waals surface area contributed by atoms with Crippen LogP contribution in [-0.2, 0) is 12.8 Å². The number of hydrogen-bond donors (Lipinski definition) is 2. The zero-order valence-corrected chi connectivity index (χ0v) is 10.4. The van der Waals surface area contributed by atoms with Crippen molar-refractivity contribution in [2.75, 3.05) is 17.6 Å². The lowest BCUT2D eigenvalue weighted by Crippen LogP contribution is -2.11. The zero-order chi connectivity index (χ0) is 12.1. The number of nitrogen functional groups attached to an aromatic ring is 1. The van der Waals surface area contributed by atoms with Gasteiger partial charge >= 0.3 is 0 Å². The van der Waals surface area contributed by atoms with Crippen molar-refractivity contribution >= 4 is 23.2 Å². The molecule has 0 saturated heterocycles. The van der Waals surface area contributed by atoms with Crippen LogP contribution in [0.25, 0.3) is 0 Å². The average Bonchev–Trinajstić information content (AvgIpc) is 2.81. The standard InChI is InChI=1S/C10H14N6S/c1-2-8-14-9(11)16-10(15-8)12-4-3-7-5-17-6-13-7/h5-6H,2-4H2,1H3,(H3,11,12,14,15,16). The summed E-state index contributed by atoms with van der Waals surface area (Å²) in [7, 11) is 0. The first-order valence-electron chi connectivity index (χ1n) is 5.39. The second kappa shape index (κ2) is 5.53. The molecular formula is C10H14N6S. The maximum Gasteiger partial charge on any atom is 0.227 e. The second-order valence-corrected chi connectivity index (χ2v) is 4.16. The van der Waals surface area contributed by atoms with Crippen LogP contribution in [0.2, 0.25) is 0 Å². The Bertz CT molecular complexity index is 470. The number of rotatable bonds is 5. The van der Waals surface area contributed by atoms with E-state index in [1.54, 1.807) is 11.3 Å². The minimum Gasteiger partial charge on any atom is -0.368 e. The van der Waals surface area contributed by atoms with Crippen LogP contribution in [0.5, 0.6) is 0 Å². The summed E-state index contributed by atoms with van der Waals surface area (Å²) >= 11 is 1.59. The molecule has 0 aromatic carbocycles. The van der Waals surface area contributed by atoms with E-state index >= 15 is 0 Å². The summed E-state index contributed by atoms with van der Waals surface area (Å²) < 4.78 is 0. The van der Waals surface area contributed by atoms with Gasteiger partial charge in [-0.3, -0.25) is 0 Å². The summed E-state index contributed by atoms with van der Waals surface area (Å²) in [6.07, 6.45) is 1.59. The van der Waals surface area contributed by atoms with Gasteiger partial charge in [0.15, 0.2) is 0 Å². The molecule has 2 rings (SSSR count). The lowest BCUT2D eigenvalue weighted by Gasteiger charge is -2.05. The van der Waals surface area contributed by atoms with E-state index in [1.807, 2.05) is 17.8 Å². The van der Waals surface area contributed by atoms with Crippen molar-refractivity contribution in [1.29, 1.82) is 0 Å². The van der Waals surface area contributed by atoms with E-state index < -0.39 is 0 Å². The molecule has 0 atom stereocenters. The van der Waals surface area contributed by atoms with E-state index in [2.05, 4.69) is 25.3 Å². The molecule has 2 aromatic heterocycles. The van der Waals surface area contributed by atoms with E-state index in [0.717, 1.165) is 25.1 Å². The number of anilines is 2. The van der Waals surface area contributed by atoms with Crippen LogP contribution in [0, 0.1) is 0 Å². The first kappa shape index (κ1) is 11.7. The third-order valence-corrected chi connectivity index (χ3v) is 2.80. The largest absolute Gasteiger partial charge is 0.368 e. The van der Waals surface area contributed by atoms with E-state index in [4.69, 9.17) is 5.73 Å². The van der Waals surface area contributed by atoms with Crippen LogP contribution in [0.4, 0.5) is 11.9 Å². The van der Waals surface area contributed by atoms with E-state index in [-0.39, 0.29) is 5.95 Å². The number of nitrogens with two attached hydrogens (primary N) is 1. The van der Waals surface area contributed by atoms with Crippen LogP contribution in [0.15, 0.2) is 10.9 Å². The Morgan fingerprint density at radius 1 is 1.35 bits per heavy atom. The molecule has 2 heterocycles. The molecule has 0 fully saturated rings. The van der Waals surface area contributed by atoms with Gasteiger partial charge in [-0.15, -0.1) is 11.3 Å². The van der Waals surface area contributed by atoms with Gasteiger partial charge in [-0.25, -0.2) is 4.98 Å². The molecule has 2 aromatic rings. The normalized spacial score (nSPS) is 10.4. The summed E-state index contributed by atoms with van der Waals surface area (Å²) in [5, 5.41) is 5.15. The lowest BCUT2D eigenvalue weighted by atomic mass is 10.3. The van der Waals surface area contributed by atoms with Gasteiger partial charge in [0.1, 0.15) is 5.82 Å². The van der Waals surface area contributed by atoms with Crippen molar-refractivity contribution in [2.24, 2.45) is 0 Å². The second-order valence-electron chi connectivity index (χ2n) is 3.44. The number of nitrogens with one attached hydrogen (secondary N) is 1. The average molecular weight is 250 g/mol. The minimum atomic E-state index is 0.257. The zero-order valence-electron chi connectivity index (χ0n) is 9.55. The summed E-state index contributed by atoms with van der Waals surface area (Å²) in [5.74, 6) is 1.49. The van der Waals surface area contributed by atoms with Crippen LogP contribution >= 0.6 is 11.3 Å². The van der Waals surface area contributed by atoms with Crippen LogP contribution < -0.4 is 11.1 Å². The van der Waals surface area contributed by atoms with Gasteiger partial charge in [-0.1, -0.05) is 6.92 Å². The number of aromatic nitrogens is 4. The van der Waals surface area contributed by atoms with E-state index in [0.29, 0.717) is 11.8 Å². The summed E-state index contributed by atoms with van der Waals surface area (Å²) in [5.41, 5.74) is 8.48. The fraction of sp³-hybridized carbons (Fsp3) is 0.400. The Hall–Kier alpha value is -1.76. The highest BCUT2D eigenvalue weighted by molar-refractivity contribution is 7.07. The Morgan fingerprint density at radius 3 is 2.94 bits per heavy atom. The fourth-order valence-electron chi connectivity index (χ4n) is 1.34. The summed E-state index contributed by atoms with van der Waals surface area (Å²) in [6.45, 7) is 2.71.